The van der Waals surface area contributed by atoms with Gasteiger partial charge in [-0.3, -0.25) is 0 Å². The molecule has 0 amide bonds. The van der Waals surface area contributed by atoms with Crippen molar-refractivity contribution in [1.29, 1.82) is 0 Å². The van der Waals surface area contributed by atoms with Gasteiger partial charge in [-0.2, -0.15) is 0 Å². The lowest BCUT2D eigenvalue weighted by Gasteiger charge is -2.26. The van der Waals surface area contributed by atoms with Crippen LogP contribution in [0.1, 0.15) is 17.3 Å². The quantitative estimate of drug-likeness (QED) is 0.785. The molecule has 4 nitrogen and oxygen atoms in total. The van der Waals surface area contributed by atoms with E-state index in [0.717, 1.165) is 18.8 Å². The van der Waals surface area contributed by atoms with Crippen LogP contribution in [-0.2, 0) is 4.74 Å². The standard InChI is InChI=1S/C13H17NO3/c1-2-16-13(15)11-4-3-5-12(6-11)17-9-10-7-14-8-10/h3-6,10,14H,2,7-9H2,1H3. The molecular weight excluding hydrogens is 218 g/mol. The topological polar surface area (TPSA) is 47.6 Å². The van der Waals surface area contributed by atoms with E-state index in [2.05, 4.69) is 5.32 Å². The summed E-state index contributed by atoms with van der Waals surface area (Å²) in [5.41, 5.74) is 0.538. The second kappa shape index (κ2) is 5.68. The molecule has 0 aromatic heterocycles. The van der Waals surface area contributed by atoms with E-state index >= 15 is 0 Å². The van der Waals surface area contributed by atoms with Crippen LogP contribution in [0.15, 0.2) is 24.3 Å². The predicted molar refractivity (Wildman–Crippen MR) is 64.3 cm³/mol. The first-order chi connectivity index (χ1) is 8.29. The van der Waals surface area contributed by atoms with Crippen molar-refractivity contribution in [3.63, 3.8) is 0 Å². The minimum absolute atomic E-state index is 0.303. The molecule has 1 N–H and O–H groups in total. The highest BCUT2D eigenvalue weighted by atomic mass is 16.5. The highest BCUT2D eigenvalue weighted by Crippen LogP contribution is 2.16. The summed E-state index contributed by atoms with van der Waals surface area (Å²) in [4.78, 5) is 11.5. The van der Waals surface area contributed by atoms with Gasteiger partial charge in [0.1, 0.15) is 5.75 Å². The van der Waals surface area contributed by atoms with Crippen LogP contribution in [0.2, 0.25) is 0 Å². The molecule has 0 bridgehead atoms. The Kier molecular flexibility index (Phi) is 3.98. The number of ether oxygens (including phenoxy) is 2. The molecule has 17 heavy (non-hydrogen) atoms. The van der Waals surface area contributed by atoms with Gasteiger partial charge in [0.25, 0.3) is 0 Å². The SMILES string of the molecule is CCOC(=O)c1cccc(OCC2CNC2)c1. The number of esters is 1. The number of benzene rings is 1. The van der Waals surface area contributed by atoms with Crippen molar-refractivity contribution in [3.05, 3.63) is 29.8 Å². The van der Waals surface area contributed by atoms with Crippen LogP contribution in [0.4, 0.5) is 0 Å². The largest absolute Gasteiger partial charge is 0.493 e. The van der Waals surface area contributed by atoms with Crippen molar-refractivity contribution in [1.82, 2.24) is 5.32 Å². The highest BCUT2D eigenvalue weighted by Gasteiger charge is 2.17. The first-order valence-corrected chi connectivity index (χ1v) is 5.90. The molecule has 1 saturated heterocycles. The normalized spacial score (nSPS) is 15.1. The van der Waals surface area contributed by atoms with Crippen molar-refractivity contribution in [2.45, 2.75) is 6.92 Å². The van der Waals surface area contributed by atoms with Crippen molar-refractivity contribution in [2.75, 3.05) is 26.3 Å². The van der Waals surface area contributed by atoms with Crippen molar-refractivity contribution >= 4 is 5.97 Å². The molecule has 1 heterocycles. The van der Waals surface area contributed by atoms with Crippen LogP contribution in [0, 0.1) is 5.92 Å². The Hall–Kier alpha value is -1.55. The number of carbonyl (C=O) groups excluding carboxylic acids is 1. The summed E-state index contributed by atoms with van der Waals surface area (Å²) in [5, 5.41) is 3.19. The van der Waals surface area contributed by atoms with Gasteiger partial charge in [0.2, 0.25) is 0 Å². The van der Waals surface area contributed by atoms with Crippen molar-refractivity contribution < 1.29 is 14.3 Å². The van der Waals surface area contributed by atoms with Gasteiger partial charge in [-0.25, -0.2) is 4.79 Å². The molecular formula is C13H17NO3. The fourth-order valence-corrected chi connectivity index (χ4v) is 1.61. The summed E-state index contributed by atoms with van der Waals surface area (Å²) >= 11 is 0. The zero-order valence-corrected chi connectivity index (χ0v) is 9.94. The van der Waals surface area contributed by atoms with E-state index in [4.69, 9.17) is 9.47 Å². The van der Waals surface area contributed by atoms with E-state index in [1.807, 2.05) is 6.07 Å². The molecule has 0 unspecified atom stereocenters. The van der Waals surface area contributed by atoms with E-state index in [9.17, 15) is 4.79 Å². The third kappa shape index (κ3) is 3.20. The maximum atomic E-state index is 11.5. The summed E-state index contributed by atoms with van der Waals surface area (Å²) in [6.45, 7) is 4.90. The second-order valence-corrected chi connectivity index (χ2v) is 4.08. The van der Waals surface area contributed by atoms with Gasteiger partial charge in [0.15, 0.2) is 0 Å². The Morgan fingerprint density at radius 2 is 2.29 bits per heavy atom. The van der Waals surface area contributed by atoms with Crippen LogP contribution >= 0.6 is 0 Å². The Labute approximate surface area is 101 Å². The molecule has 1 aliphatic heterocycles. The number of carbonyl (C=O) groups is 1. The molecule has 1 aromatic carbocycles. The molecule has 0 spiro atoms. The average molecular weight is 235 g/mol. The van der Waals surface area contributed by atoms with Gasteiger partial charge >= 0.3 is 5.97 Å². The van der Waals surface area contributed by atoms with E-state index < -0.39 is 0 Å². The molecule has 92 valence electrons. The predicted octanol–water partition coefficient (Wildman–Crippen LogP) is 1.46. The van der Waals surface area contributed by atoms with Gasteiger partial charge < -0.3 is 14.8 Å². The lowest BCUT2D eigenvalue weighted by Crippen LogP contribution is -2.45. The molecule has 1 aromatic rings. The Balaban J connectivity index is 1.92. The maximum Gasteiger partial charge on any atom is 0.338 e. The van der Waals surface area contributed by atoms with E-state index in [1.165, 1.54) is 0 Å². The number of hydrogen-bond donors (Lipinski definition) is 1. The third-order valence-corrected chi connectivity index (χ3v) is 2.70. The molecule has 0 aliphatic carbocycles. The van der Waals surface area contributed by atoms with Crippen LogP contribution in [0.3, 0.4) is 0 Å². The first kappa shape index (κ1) is 11.9. The lowest BCUT2D eigenvalue weighted by atomic mass is 10.1. The summed E-state index contributed by atoms with van der Waals surface area (Å²) < 4.78 is 10.6. The Morgan fingerprint density at radius 1 is 1.47 bits per heavy atom. The van der Waals surface area contributed by atoms with E-state index in [0.29, 0.717) is 24.7 Å². The second-order valence-electron chi connectivity index (χ2n) is 4.08. The third-order valence-electron chi connectivity index (χ3n) is 2.70. The van der Waals surface area contributed by atoms with Crippen LogP contribution in [0.25, 0.3) is 0 Å². The van der Waals surface area contributed by atoms with Crippen molar-refractivity contribution in [3.8, 4) is 5.75 Å². The van der Waals surface area contributed by atoms with Gasteiger partial charge in [0.05, 0.1) is 18.8 Å². The first-order valence-electron chi connectivity index (χ1n) is 5.90. The number of rotatable bonds is 5. The minimum atomic E-state index is -0.303. The lowest BCUT2D eigenvalue weighted by molar-refractivity contribution is 0.0525. The number of nitrogens with one attached hydrogen (secondary N) is 1. The Bertz CT molecular complexity index is 388. The molecule has 2 rings (SSSR count). The fraction of sp³-hybridized carbons (Fsp3) is 0.462. The van der Waals surface area contributed by atoms with Crippen LogP contribution in [-0.4, -0.2) is 32.3 Å². The molecule has 1 aliphatic rings. The molecule has 1 fully saturated rings. The van der Waals surface area contributed by atoms with E-state index in [1.54, 1.807) is 25.1 Å². The van der Waals surface area contributed by atoms with Gasteiger partial charge in [-0.05, 0) is 25.1 Å². The Morgan fingerprint density at radius 3 is 2.94 bits per heavy atom. The van der Waals surface area contributed by atoms with Gasteiger partial charge in [-0.15, -0.1) is 0 Å². The zero-order valence-electron chi connectivity index (χ0n) is 9.94. The maximum absolute atomic E-state index is 11.5. The zero-order chi connectivity index (χ0) is 12.1. The molecule has 0 radical (unpaired) electrons. The van der Waals surface area contributed by atoms with E-state index in [-0.39, 0.29) is 5.97 Å². The van der Waals surface area contributed by atoms with Crippen molar-refractivity contribution in [2.24, 2.45) is 5.92 Å². The average Bonchev–Trinajstić information content (AvgIpc) is 2.28. The molecule has 0 atom stereocenters. The van der Waals surface area contributed by atoms with Crippen LogP contribution < -0.4 is 10.1 Å². The summed E-state index contributed by atoms with van der Waals surface area (Å²) in [6.07, 6.45) is 0. The summed E-state index contributed by atoms with van der Waals surface area (Å²) in [7, 11) is 0. The highest BCUT2D eigenvalue weighted by molar-refractivity contribution is 5.89. The minimum Gasteiger partial charge on any atom is -0.493 e. The molecule has 4 heteroatoms. The fourth-order valence-electron chi connectivity index (χ4n) is 1.61. The smallest absolute Gasteiger partial charge is 0.338 e. The molecule has 0 saturated carbocycles. The van der Waals surface area contributed by atoms with Crippen LogP contribution in [0.5, 0.6) is 5.75 Å². The number of hydrogen-bond acceptors (Lipinski definition) is 4. The monoisotopic (exact) mass is 235 g/mol. The van der Waals surface area contributed by atoms with Gasteiger partial charge in [-0.1, -0.05) is 6.07 Å². The summed E-state index contributed by atoms with van der Waals surface area (Å²) in [6, 6.07) is 7.12. The summed E-state index contributed by atoms with van der Waals surface area (Å²) in [5.74, 6) is 1.01. The van der Waals surface area contributed by atoms with Gasteiger partial charge in [0, 0.05) is 19.0 Å².